The van der Waals surface area contributed by atoms with Crippen molar-refractivity contribution in [1.29, 1.82) is 0 Å². The molecule has 1 rings (SSSR count). The lowest BCUT2D eigenvalue weighted by molar-refractivity contribution is 0.0696. The summed E-state index contributed by atoms with van der Waals surface area (Å²) < 4.78 is 27.5. The third kappa shape index (κ3) is 4.85. The summed E-state index contributed by atoms with van der Waals surface area (Å²) in [4.78, 5) is 11.0. The number of carboxylic acid groups (broad SMARTS) is 1. The Morgan fingerprint density at radius 1 is 1.52 bits per heavy atom. The maximum atomic E-state index is 12.3. The topological polar surface area (TPSA) is 83.5 Å². The van der Waals surface area contributed by atoms with Crippen LogP contribution in [-0.2, 0) is 10.0 Å². The SMILES string of the molecule is CCC(CSC)NS(=O)(=O)c1cc(Br)c(Cl)c(C(=O)O)c1. The molecule has 0 radical (unpaired) electrons. The minimum absolute atomic E-state index is 0.0300. The highest BCUT2D eigenvalue weighted by molar-refractivity contribution is 9.10. The summed E-state index contributed by atoms with van der Waals surface area (Å²) in [5.74, 6) is -0.648. The van der Waals surface area contributed by atoms with Gasteiger partial charge in [0.05, 0.1) is 15.5 Å². The van der Waals surface area contributed by atoms with Gasteiger partial charge in [-0.1, -0.05) is 18.5 Å². The molecule has 1 aromatic carbocycles. The minimum Gasteiger partial charge on any atom is -0.478 e. The van der Waals surface area contributed by atoms with Crippen molar-refractivity contribution in [1.82, 2.24) is 4.72 Å². The maximum Gasteiger partial charge on any atom is 0.337 e. The first kappa shape index (κ1) is 18.8. The molecule has 21 heavy (non-hydrogen) atoms. The highest BCUT2D eigenvalue weighted by Gasteiger charge is 2.23. The Morgan fingerprint density at radius 2 is 2.14 bits per heavy atom. The van der Waals surface area contributed by atoms with Crippen LogP contribution >= 0.6 is 39.3 Å². The average molecular weight is 417 g/mol. The average Bonchev–Trinajstić information content (AvgIpc) is 2.40. The van der Waals surface area contributed by atoms with E-state index in [9.17, 15) is 13.2 Å². The molecule has 2 N–H and O–H groups in total. The van der Waals surface area contributed by atoms with Gasteiger partial charge in [-0.25, -0.2) is 17.9 Å². The van der Waals surface area contributed by atoms with Gasteiger partial charge in [0.25, 0.3) is 0 Å². The summed E-state index contributed by atoms with van der Waals surface area (Å²) in [5, 5.41) is 9.04. The molecule has 118 valence electrons. The fourth-order valence-electron chi connectivity index (χ4n) is 1.60. The van der Waals surface area contributed by atoms with E-state index < -0.39 is 16.0 Å². The Kier molecular flexibility index (Phi) is 6.99. The Balaban J connectivity index is 3.23. The second kappa shape index (κ2) is 7.82. The van der Waals surface area contributed by atoms with Crippen LogP contribution in [0.2, 0.25) is 5.02 Å². The largest absolute Gasteiger partial charge is 0.478 e. The van der Waals surface area contributed by atoms with Crippen molar-refractivity contribution in [3.05, 3.63) is 27.2 Å². The number of hydrogen-bond acceptors (Lipinski definition) is 4. The van der Waals surface area contributed by atoms with E-state index in [0.29, 0.717) is 12.2 Å². The summed E-state index contributed by atoms with van der Waals surface area (Å²) in [6, 6.07) is 2.14. The lowest BCUT2D eigenvalue weighted by atomic mass is 10.2. The third-order valence-electron chi connectivity index (χ3n) is 2.72. The summed E-state index contributed by atoms with van der Waals surface area (Å²) in [6.45, 7) is 1.88. The standard InChI is InChI=1S/C12H15BrClNO4S2/c1-3-7(6-20-2)15-21(18,19)8-4-9(12(16)17)11(14)10(13)5-8/h4-5,7,15H,3,6H2,1-2H3,(H,16,17). The van der Waals surface area contributed by atoms with Crippen molar-refractivity contribution in [2.45, 2.75) is 24.3 Å². The molecule has 0 aromatic heterocycles. The molecule has 9 heteroatoms. The Bertz CT molecular complexity index is 636. The highest BCUT2D eigenvalue weighted by Crippen LogP contribution is 2.30. The van der Waals surface area contributed by atoms with Crippen molar-refractivity contribution >= 4 is 55.3 Å². The van der Waals surface area contributed by atoms with E-state index >= 15 is 0 Å². The van der Waals surface area contributed by atoms with Crippen molar-refractivity contribution < 1.29 is 18.3 Å². The quantitative estimate of drug-likeness (QED) is 0.713. The number of thioether (sulfide) groups is 1. The van der Waals surface area contributed by atoms with Gasteiger partial charge in [0.2, 0.25) is 10.0 Å². The number of carboxylic acids is 1. The zero-order valence-corrected chi connectivity index (χ0v) is 15.4. The molecule has 1 unspecified atom stereocenters. The van der Waals surface area contributed by atoms with Crippen LogP contribution in [-0.4, -0.2) is 37.5 Å². The van der Waals surface area contributed by atoms with Gasteiger partial charge in [-0.15, -0.1) is 0 Å². The highest BCUT2D eigenvalue weighted by atomic mass is 79.9. The molecule has 0 fully saturated rings. The second-order valence-electron chi connectivity index (χ2n) is 4.25. The van der Waals surface area contributed by atoms with E-state index in [4.69, 9.17) is 16.7 Å². The van der Waals surface area contributed by atoms with E-state index in [0.717, 1.165) is 6.07 Å². The van der Waals surface area contributed by atoms with Crippen molar-refractivity contribution in [3.8, 4) is 0 Å². The predicted octanol–water partition coefficient (Wildman–Crippen LogP) is 3.22. The predicted molar refractivity (Wildman–Crippen MR) is 88.9 cm³/mol. The first-order chi connectivity index (χ1) is 9.72. The zero-order valence-electron chi connectivity index (χ0n) is 11.4. The first-order valence-corrected chi connectivity index (χ1v) is 10.0. The molecule has 0 spiro atoms. The molecule has 0 aliphatic heterocycles. The molecular weight excluding hydrogens is 402 g/mol. The summed E-state index contributed by atoms with van der Waals surface area (Å²) in [7, 11) is -3.80. The fourth-order valence-corrected chi connectivity index (χ4v) is 4.60. The Hall–Kier alpha value is -0.280. The van der Waals surface area contributed by atoms with Crippen LogP contribution in [0.25, 0.3) is 0 Å². The van der Waals surface area contributed by atoms with Gasteiger partial charge in [0, 0.05) is 16.3 Å². The van der Waals surface area contributed by atoms with Crippen LogP contribution in [0.15, 0.2) is 21.5 Å². The van der Waals surface area contributed by atoms with Crippen LogP contribution in [0, 0.1) is 0 Å². The van der Waals surface area contributed by atoms with Gasteiger partial charge in [-0.3, -0.25) is 0 Å². The van der Waals surface area contributed by atoms with Crippen LogP contribution in [0.3, 0.4) is 0 Å². The number of sulfonamides is 1. The van der Waals surface area contributed by atoms with Crippen LogP contribution in [0.5, 0.6) is 0 Å². The van der Waals surface area contributed by atoms with Crippen molar-refractivity contribution in [2.24, 2.45) is 0 Å². The van der Waals surface area contributed by atoms with Crippen LogP contribution in [0.1, 0.15) is 23.7 Å². The number of carbonyl (C=O) groups is 1. The molecule has 5 nitrogen and oxygen atoms in total. The summed E-state index contributed by atoms with van der Waals surface area (Å²) in [5.41, 5.74) is -0.260. The van der Waals surface area contributed by atoms with Gasteiger partial charge < -0.3 is 5.11 Å². The lowest BCUT2D eigenvalue weighted by Crippen LogP contribution is -2.36. The monoisotopic (exact) mass is 415 g/mol. The molecular formula is C12H15BrClNO4S2. The third-order valence-corrected chi connectivity index (χ3v) is 6.22. The van der Waals surface area contributed by atoms with Gasteiger partial charge in [0.15, 0.2) is 0 Å². The van der Waals surface area contributed by atoms with Crippen LogP contribution < -0.4 is 4.72 Å². The van der Waals surface area contributed by atoms with Gasteiger partial charge in [0.1, 0.15) is 0 Å². The van der Waals surface area contributed by atoms with Crippen molar-refractivity contribution in [2.75, 3.05) is 12.0 Å². The normalized spacial score (nSPS) is 13.1. The zero-order chi connectivity index (χ0) is 16.2. The number of halogens is 2. The molecule has 0 aliphatic carbocycles. The van der Waals surface area contributed by atoms with Gasteiger partial charge in [-0.05, 0) is 40.7 Å². The molecule has 1 atom stereocenters. The number of aromatic carboxylic acids is 1. The number of nitrogens with one attached hydrogen (secondary N) is 1. The Labute approximate surface area is 141 Å². The molecule has 0 aliphatic rings. The van der Waals surface area contributed by atoms with Crippen molar-refractivity contribution in [3.63, 3.8) is 0 Å². The smallest absolute Gasteiger partial charge is 0.337 e. The second-order valence-corrected chi connectivity index (χ2v) is 8.11. The summed E-state index contributed by atoms with van der Waals surface area (Å²) >= 11 is 10.5. The number of hydrogen-bond donors (Lipinski definition) is 2. The number of rotatable bonds is 7. The van der Waals surface area contributed by atoms with E-state index in [1.54, 1.807) is 0 Å². The molecule has 1 aromatic rings. The van der Waals surface area contributed by atoms with Gasteiger partial charge in [-0.2, -0.15) is 11.8 Å². The van der Waals surface area contributed by atoms with Gasteiger partial charge >= 0.3 is 5.97 Å². The molecule has 0 bridgehead atoms. The fraction of sp³-hybridized carbons (Fsp3) is 0.417. The molecule has 0 amide bonds. The first-order valence-electron chi connectivity index (χ1n) is 5.96. The minimum atomic E-state index is -3.80. The van der Waals surface area contributed by atoms with E-state index in [-0.39, 0.29) is 26.0 Å². The lowest BCUT2D eigenvalue weighted by Gasteiger charge is -2.16. The van der Waals surface area contributed by atoms with E-state index in [1.165, 1.54) is 17.8 Å². The molecule has 0 saturated carbocycles. The molecule has 0 saturated heterocycles. The van der Waals surface area contributed by atoms with E-state index in [2.05, 4.69) is 20.7 Å². The van der Waals surface area contributed by atoms with E-state index in [1.807, 2.05) is 13.2 Å². The van der Waals surface area contributed by atoms with Crippen LogP contribution in [0.4, 0.5) is 0 Å². The summed E-state index contributed by atoms with van der Waals surface area (Å²) in [6.07, 6.45) is 2.53. The maximum absolute atomic E-state index is 12.3. The molecule has 0 heterocycles. The number of benzene rings is 1. The Morgan fingerprint density at radius 3 is 2.62 bits per heavy atom.